The van der Waals surface area contributed by atoms with E-state index in [4.69, 9.17) is 44.0 Å². The molecule has 16 rings (SSSR count). The number of rotatable bonds is 20. The normalized spacial score (nSPS) is 16.2. The third kappa shape index (κ3) is 33.2. The number of benzene rings is 6. The maximum Gasteiger partial charge on any atom is 0.337 e. The van der Waals surface area contributed by atoms with Crippen LogP contribution in [-0.4, -0.2) is 312 Å². The number of nitrogens with one attached hydrogen (secondary N) is 2. The van der Waals surface area contributed by atoms with Crippen LogP contribution in [0.1, 0.15) is 195 Å². The molecule has 0 spiro atoms. The first kappa shape index (κ1) is 111. The van der Waals surface area contributed by atoms with Crippen LogP contribution in [0.5, 0.6) is 0 Å². The van der Waals surface area contributed by atoms with Crippen LogP contribution in [-0.2, 0) is 55.5 Å². The van der Waals surface area contributed by atoms with Crippen molar-refractivity contribution >= 4 is 96.5 Å². The summed E-state index contributed by atoms with van der Waals surface area (Å²) in [7, 11) is 29.5. The lowest BCUT2D eigenvalue weighted by atomic mass is 10.0. The first-order chi connectivity index (χ1) is 65.1. The number of nitrogens with zero attached hydrogens (tertiary/aromatic N) is 10. The molecule has 0 saturated carbocycles. The second-order valence-corrected chi connectivity index (χ2v) is 34.7. The van der Waals surface area contributed by atoms with Gasteiger partial charge in [0.25, 0.3) is 5.91 Å². The molecule has 0 atom stereocenters. The Hall–Kier alpha value is -10.9. The van der Waals surface area contributed by atoms with Crippen LogP contribution in [0.15, 0.2) is 158 Å². The van der Waals surface area contributed by atoms with Gasteiger partial charge in [0.05, 0.1) is 56.3 Å². The molecular formula is C104H153N15O16. The van der Waals surface area contributed by atoms with E-state index in [1.165, 1.54) is 83.5 Å². The van der Waals surface area contributed by atoms with Crippen molar-refractivity contribution in [3.05, 3.63) is 203 Å². The van der Waals surface area contributed by atoms with Crippen LogP contribution in [0.4, 0.5) is 11.4 Å². The molecule has 9 N–H and O–H groups in total. The fraction of sp³-hybridized carbons (Fsp3) is 0.510. The number of ketones is 1. The van der Waals surface area contributed by atoms with E-state index < -0.39 is 11.9 Å². The maximum atomic E-state index is 11.8. The molecule has 0 unspecified atom stereocenters. The zero-order valence-corrected chi connectivity index (χ0v) is 83.4. The van der Waals surface area contributed by atoms with E-state index in [1.54, 1.807) is 71.9 Å². The molecule has 6 aromatic carbocycles. The average molecular weight is 1870 g/mol. The monoisotopic (exact) mass is 1870 g/mol. The van der Waals surface area contributed by atoms with Gasteiger partial charge in [0.1, 0.15) is 5.78 Å². The number of aromatic nitrogens is 4. The van der Waals surface area contributed by atoms with E-state index in [9.17, 15) is 33.6 Å². The third-order valence-corrected chi connectivity index (χ3v) is 25.3. The summed E-state index contributed by atoms with van der Waals surface area (Å²) >= 11 is 0. The van der Waals surface area contributed by atoms with Gasteiger partial charge in [-0.25, -0.2) is 24.0 Å². The van der Waals surface area contributed by atoms with Crippen molar-refractivity contribution in [2.45, 2.75) is 153 Å². The van der Waals surface area contributed by atoms with Crippen LogP contribution in [0.3, 0.4) is 0 Å². The van der Waals surface area contributed by atoms with E-state index in [2.05, 4.69) is 173 Å². The Labute approximate surface area is 799 Å². The number of carboxylic acid groups (broad SMARTS) is 1. The van der Waals surface area contributed by atoms with Gasteiger partial charge in [-0.2, -0.15) is 0 Å². The highest BCUT2D eigenvalue weighted by atomic mass is 16.7. The Bertz CT molecular complexity index is 5010. The van der Waals surface area contributed by atoms with E-state index in [0.717, 1.165) is 187 Å². The molecule has 1 amide bonds. The van der Waals surface area contributed by atoms with Crippen LogP contribution in [0.25, 0.3) is 43.6 Å². The first-order valence-electron chi connectivity index (χ1n) is 47.0. The van der Waals surface area contributed by atoms with Gasteiger partial charge in [0, 0.05) is 168 Å². The fourth-order valence-corrected chi connectivity index (χ4v) is 17.2. The number of amides is 1. The van der Waals surface area contributed by atoms with E-state index in [0.29, 0.717) is 82.3 Å². The van der Waals surface area contributed by atoms with Gasteiger partial charge in [-0.3, -0.25) is 9.59 Å². The summed E-state index contributed by atoms with van der Waals surface area (Å²) in [4.78, 5) is 93.9. The molecule has 4 aromatic heterocycles. The average Bonchev–Trinajstić information content (AvgIpc) is 1.67. The number of anilines is 2. The smallest absolute Gasteiger partial charge is 0.337 e. The molecular weight excluding hydrogens is 1720 g/mol. The van der Waals surface area contributed by atoms with Gasteiger partial charge in [-0.1, -0.05) is 56.7 Å². The second-order valence-electron chi connectivity index (χ2n) is 34.7. The number of likely N-dealkylation sites (tertiary alicyclic amines) is 6. The van der Waals surface area contributed by atoms with E-state index >= 15 is 0 Å². The van der Waals surface area contributed by atoms with Gasteiger partial charge >= 0.3 is 29.8 Å². The minimum Gasteiger partial charge on any atom is -0.478 e. The van der Waals surface area contributed by atoms with E-state index in [-0.39, 0.29) is 36.4 Å². The van der Waals surface area contributed by atoms with Crippen molar-refractivity contribution in [1.82, 2.24) is 53.0 Å². The third-order valence-electron chi connectivity index (χ3n) is 25.3. The summed E-state index contributed by atoms with van der Waals surface area (Å²) in [6, 6.07) is 44.3. The second kappa shape index (κ2) is 57.9. The number of carbonyl (C=O) groups excluding carboxylic acids is 6. The Morgan fingerprint density at radius 1 is 0.370 bits per heavy atom. The van der Waals surface area contributed by atoms with Gasteiger partial charge in [0.2, 0.25) is 0 Å². The summed E-state index contributed by atoms with van der Waals surface area (Å²) in [5.74, 6) is -1.75. The Morgan fingerprint density at radius 2 is 0.637 bits per heavy atom. The number of hydrogen-bond acceptors (Lipinski definition) is 25. The number of nitrogen functional groups attached to an aromatic ring is 1. The number of hydrogen-bond donors (Lipinski definition) is 6. The Kier molecular flexibility index (Phi) is 47.6. The highest BCUT2D eigenvalue weighted by Gasteiger charge is 2.27. The van der Waals surface area contributed by atoms with Crippen LogP contribution < -0.4 is 27.8 Å². The summed E-state index contributed by atoms with van der Waals surface area (Å²) < 4.78 is 49.1. The number of fused-ring (bicyclic) bond motifs is 4. The number of carbonyl (C=O) groups is 7. The van der Waals surface area contributed by atoms with Crippen LogP contribution in [0.2, 0.25) is 0 Å². The highest BCUT2D eigenvalue weighted by molar-refractivity contribution is 5.99. The predicted molar refractivity (Wildman–Crippen MR) is 539 cm³/mol. The standard InChI is InChI=1S/C18H28N2O4.C16H21N3O.2C16H20N2O2.C15H18N2O2.C12H17NO4.C6H11NO.C3H8.2CH5N/c1-20-9-7-15(8-10-20)19-16-11-14(18(21)24-4)6-5-13(16)12-17(22-2)23-3;1-17-16(20)13-4-3-12-5-10-19(15(12)11-13)14-6-8-18(2)9-7-14;2*1-17-8-6-14(7-9-17)18-10-5-12-3-4-13(11-15(12)18)16(19)20-2;1-16-7-5-13(6-8-16)17-9-4-11-2-3-12(15(18)19)10-14(11)17;1-15-11(16-2)7-8-4-5-9(6-10(8)13)12(14)17-3;1-7-4-2-6(8)3-5-7;1-3-2;2*1-2/h5-6,11,15,17,19H,7-10,12H2,1-4H3;3-5,10-11,14H,6-9H2,1-2H3,(H,17,20);2*3-5,10-11,14H,6-9H2,1-2H3;2-4,9-10,13H,5-8H2,1H3,(H,18,19);4-6,11H,7,13H2,1-3H3;2-5H2,1H3;3H2,1-2H3;2*2H2,1H3. The minimum atomic E-state index is -0.863. The quantitative estimate of drug-likeness (QED) is 0.0179. The van der Waals surface area contributed by atoms with Crippen molar-refractivity contribution in [1.29, 1.82) is 0 Å². The SMILES string of the molecule is CCC.CN.CN.CN1CCC(=O)CC1.CN1CCC(n2ccc3ccc(C(=O)O)cc32)CC1.CNC(=O)c1ccc2ccn(C3CCN(C)CC3)c2c1.COC(=O)c1ccc(CC(OC)OC)c(N)c1.COC(=O)c1ccc(CC(OC)OC)c(NC2CCN(C)CC2)c1.COC(=O)c1ccc2ccn(C3CCN(C)CC3)c2c1.COC(=O)c1ccc2ccn(C3CCN(C)CC3)c2c1. The lowest BCUT2D eigenvalue weighted by Gasteiger charge is -2.31. The Balaban J connectivity index is 0.000000215. The predicted octanol–water partition coefficient (Wildman–Crippen LogP) is 14.5. The largest absolute Gasteiger partial charge is 0.478 e. The van der Waals surface area contributed by atoms with Crippen molar-refractivity contribution in [3.8, 4) is 0 Å². The number of methoxy groups -OCH3 is 8. The number of piperidine rings is 6. The molecule has 10 heterocycles. The van der Waals surface area contributed by atoms with Crippen LogP contribution in [0, 0.1) is 0 Å². The van der Waals surface area contributed by atoms with Crippen LogP contribution >= 0.6 is 0 Å². The number of ether oxygens (including phenoxy) is 8. The van der Waals surface area contributed by atoms with Crippen molar-refractivity contribution in [3.63, 3.8) is 0 Å². The molecule has 10 aromatic rings. The van der Waals surface area contributed by atoms with Crippen molar-refractivity contribution in [2.24, 2.45) is 11.5 Å². The molecule has 6 fully saturated rings. The number of aromatic carboxylic acids is 1. The number of carboxylic acids is 1. The summed E-state index contributed by atoms with van der Waals surface area (Å²) in [5, 5.41) is 20.1. The molecule has 6 aliphatic heterocycles. The maximum absolute atomic E-state index is 11.8. The van der Waals surface area contributed by atoms with Gasteiger partial charge in [-0.05, 0) is 316 Å². The molecule has 6 aliphatic rings. The molecule has 31 nitrogen and oxygen atoms in total. The highest BCUT2D eigenvalue weighted by Crippen LogP contribution is 2.34. The summed E-state index contributed by atoms with van der Waals surface area (Å²) in [5.41, 5.74) is 26.0. The fourth-order valence-electron chi connectivity index (χ4n) is 17.2. The van der Waals surface area contributed by atoms with Crippen molar-refractivity contribution < 1.29 is 76.6 Å². The lowest BCUT2D eigenvalue weighted by molar-refractivity contribution is -0.121. The summed E-state index contributed by atoms with van der Waals surface area (Å²) in [6.07, 6.45) is 23.2. The Morgan fingerprint density at radius 3 is 0.941 bits per heavy atom. The molecule has 135 heavy (non-hydrogen) atoms. The first-order valence-corrected chi connectivity index (χ1v) is 47.0. The zero-order valence-electron chi connectivity index (χ0n) is 83.4. The van der Waals surface area contributed by atoms with Crippen molar-refractivity contribution in [2.75, 3.05) is 210 Å². The molecule has 740 valence electrons. The van der Waals surface area contributed by atoms with E-state index in [1.807, 2.05) is 79.8 Å². The number of nitrogens with two attached hydrogens (primary N) is 3. The molecule has 6 saturated heterocycles. The van der Waals surface area contributed by atoms with Gasteiger partial charge in [0.15, 0.2) is 12.6 Å². The van der Waals surface area contributed by atoms with Gasteiger partial charge in [-0.15, -0.1) is 0 Å². The van der Waals surface area contributed by atoms with Gasteiger partial charge < -0.3 is 119 Å². The zero-order chi connectivity index (χ0) is 98.8. The topological polar surface area (TPSA) is 355 Å². The minimum absolute atomic E-state index is 0.0250. The molecule has 0 aliphatic carbocycles. The summed E-state index contributed by atoms with van der Waals surface area (Å²) in [6.45, 7) is 17.3. The molecule has 0 bridgehead atoms. The number of esters is 4. The molecule has 31 heteroatoms. The molecule has 0 radical (unpaired) electrons. The lowest BCUT2D eigenvalue weighted by Crippen LogP contribution is -2.37. The number of Topliss-reactive ketones (excluding diaryl/α,β-unsaturated/α-hetero) is 1.